The quantitative estimate of drug-likeness (QED) is 0.756. The summed E-state index contributed by atoms with van der Waals surface area (Å²) in [6.45, 7) is 5.55. The lowest BCUT2D eigenvalue weighted by atomic mass is 10.2. The zero-order valence-electron chi connectivity index (χ0n) is 13.1. The Hall–Kier alpha value is -1.01. The minimum Gasteiger partial charge on any atom is -0.377 e. The Balaban J connectivity index is 2.90. The summed E-state index contributed by atoms with van der Waals surface area (Å²) in [5.74, 6) is 3.66. The SMILES string of the molecule is CCNc1cc(N(C)C(C)CCSC)nc(COC)n1. The van der Waals surface area contributed by atoms with Crippen LogP contribution in [0.15, 0.2) is 6.07 Å². The van der Waals surface area contributed by atoms with Crippen LogP contribution >= 0.6 is 11.8 Å². The molecule has 0 saturated heterocycles. The maximum Gasteiger partial charge on any atom is 0.158 e. The molecular weight excluding hydrogens is 272 g/mol. The number of hydrogen-bond acceptors (Lipinski definition) is 6. The standard InChI is InChI=1S/C14H26N4OS/c1-6-15-12-9-14(17-13(16-12)10-19-4)18(3)11(2)7-8-20-5/h9,11H,6-8,10H2,1-5H3,(H,15,16,17). The van der Waals surface area contributed by atoms with Crippen molar-refractivity contribution < 1.29 is 4.74 Å². The van der Waals surface area contributed by atoms with E-state index in [1.165, 1.54) is 0 Å². The molecule has 1 atom stereocenters. The van der Waals surface area contributed by atoms with E-state index in [0.29, 0.717) is 18.5 Å². The second-order valence-corrected chi connectivity index (χ2v) is 5.72. The van der Waals surface area contributed by atoms with Gasteiger partial charge in [0.25, 0.3) is 0 Å². The van der Waals surface area contributed by atoms with E-state index in [1.54, 1.807) is 7.11 Å². The van der Waals surface area contributed by atoms with Crippen LogP contribution in [-0.4, -0.2) is 48.7 Å². The molecule has 0 aliphatic heterocycles. The highest BCUT2D eigenvalue weighted by atomic mass is 32.2. The molecule has 1 rings (SSSR count). The number of thioether (sulfide) groups is 1. The van der Waals surface area contributed by atoms with Crippen LogP contribution in [0.4, 0.5) is 11.6 Å². The van der Waals surface area contributed by atoms with E-state index in [9.17, 15) is 0 Å². The van der Waals surface area contributed by atoms with E-state index < -0.39 is 0 Å². The lowest BCUT2D eigenvalue weighted by Crippen LogP contribution is -2.30. The molecule has 0 bridgehead atoms. The molecule has 0 radical (unpaired) electrons. The van der Waals surface area contributed by atoms with Crippen molar-refractivity contribution in [3.8, 4) is 0 Å². The van der Waals surface area contributed by atoms with Crippen molar-refractivity contribution >= 4 is 23.4 Å². The summed E-state index contributed by atoms with van der Waals surface area (Å²) in [4.78, 5) is 11.2. The second-order valence-electron chi connectivity index (χ2n) is 4.73. The van der Waals surface area contributed by atoms with Gasteiger partial charge in [0.1, 0.15) is 18.2 Å². The first-order valence-corrected chi connectivity index (χ1v) is 8.34. The third kappa shape index (κ3) is 5.17. The fourth-order valence-corrected chi connectivity index (χ4v) is 2.41. The van der Waals surface area contributed by atoms with Gasteiger partial charge in [-0.1, -0.05) is 0 Å². The first-order chi connectivity index (χ1) is 9.62. The molecule has 0 saturated carbocycles. The average Bonchev–Trinajstić information content (AvgIpc) is 2.44. The molecule has 0 spiro atoms. The van der Waals surface area contributed by atoms with E-state index in [0.717, 1.165) is 30.4 Å². The summed E-state index contributed by atoms with van der Waals surface area (Å²) in [7, 11) is 3.74. The number of rotatable bonds is 9. The molecule has 0 aromatic carbocycles. The van der Waals surface area contributed by atoms with Crippen molar-refractivity contribution in [2.45, 2.75) is 32.9 Å². The summed E-state index contributed by atoms with van der Waals surface area (Å²) in [6, 6.07) is 2.44. The fraction of sp³-hybridized carbons (Fsp3) is 0.714. The lowest BCUT2D eigenvalue weighted by molar-refractivity contribution is 0.178. The highest BCUT2D eigenvalue weighted by Gasteiger charge is 2.13. The molecule has 1 aromatic rings. The Morgan fingerprint density at radius 3 is 2.80 bits per heavy atom. The molecule has 1 unspecified atom stereocenters. The van der Waals surface area contributed by atoms with Gasteiger partial charge in [0.2, 0.25) is 0 Å². The number of aromatic nitrogens is 2. The van der Waals surface area contributed by atoms with Crippen LogP contribution < -0.4 is 10.2 Å². The summed E-state index contributed by atoms with van der Waals surface area (Å²) < 4.78 is 5.15. The molecule has 0 aliphatic rings. The Morgan fingerprint density at radius 2 is 2.20 bits per heavy atom. The molecule has 0 fully saturated rings. The van der Waals surface area contributed by atoms with E-state index in [1.807, 2.05) is 17.8 Å². The van der Waals surface area contributed by atoms with Crippen LogP contribution in [-0.2, 0) is 11.3 Å². The van der Waals surface area contributed by atoms with Crippen molar-refractivity contribution in [3.05, 3.63) is 11.9 Å². The zero-order chi connectivity index (χ0) is 15.0. The van der Waals surface area contributed by atoms with Crippen molar-refractivity contribution in [1.29, 1.82) is 0 Å². The van der Waals surface area contributed by atoms with Gasteiger partial charge in [-0.2, -0.15) is 11.8 Å². The van der Waals surface area contributed by atoms with Gasteiger partial charge in [-0.15, -0.1) is 0 Å². The van der Waals surface area contributed by atoms with Crippen molar-refractivity contribution in [3.63, 3.8) is 0 Å². The molecule has 1 aromatic heterocycles. The van der Waals surface area contributed by atoms with E-state index in [-0.39, 0.29) is 0 Å². The Morgan fingerprint density at radius 1 is 1.45 bits per heavy atom. The van der Waals surface area contributed by atoms with E-state index in [4.69, 9.17) is 4.74 Å². The molecule has 5 nitrogen and oxygen atoms in total. The predicted molar refractivity (Wildman–Crippen MR) is 87.8 cm³/mol. The number of anilines is 2. The van der Waals surface area contributed by atoms with Crippen LogP contribution in [0, 0.1) is 0 Å². The van der Waals surface area contributed by atoms with Gasteiger partial charge in [0.05, 0.1) is 0 Å². The van der Waals surface area contributed by atoms with Crippen molar-refractivity contribution in [2.75, 3.05) is 42.9 Å². The molecule has 114 valence electrons. The normalized spacial score (nSPS) is 12.2. The summed E-state index contributed by atoms with van der Waals surface area (Å²) in [5, 5.41) is 3.25. The average molecular weight is 298 g/mol. The Kier molecular flexibility index (Phi) is 7.69. The van der Waals surface area contributed by atoms with Gasteiger partial charge >= 0.3 is 0 Å². The van der Waals surface area contributed by atoms with Crippen LogP contribution in [0.5, 0.6) is 0 Å². The molecule has 0 amide bonds. The van der Waals surface area contributed by atoms with Gasteiger partial charge < -0.3 is 15.0 Å². The number of hydrogen-bond donors (Lipinski definition) is 1. The topological polar surface area (TPSA) is 50.3 Å². The van der Waals surface area contributed by atoms with Crippen LogP contribution in [0.2, 0.25) is 0 Å². The fourth-order valence-electron chi connectivity index (χ4n) is 1.84. The van der Waals surface area contributed by atoms with Gasteiger partial charge in [-0.05, 0) is 32.3 Å². The van der Waals surface area contributed by atoms with Gasteiger partial charge in [0.15, 0.2) is 5.82 Å². The smallest absolute Gasteiger partial charge is 0.158 e. The maximum absolute atomic E-state index is 5.15. The highest BCUT2D eigenvalue weighted by Crippen LogP contribution is 2.19. The van der Waals surface area contributed by atoms with Crippen LogP contribution in [0.1, 0.15) is 26.1 Å². The van der Waals surface area contributed by atoms with Crippen LogP contribution in [0.3, 0.4) is 0 Å². The Bertz CT molecular complexity index is 379. The first kappa shape index (κ1) is 17.0. The number of nitrogens with zero attached hydrogens (tertiary/aromatic N) is 3. The molecular formula is C14H26N4OS. The predicted octanol–water partition coefficient (Wildman–Crippen LogP) is 2.63. The maximum atomic E-state index is 5.15. The third-order valence-electron chi connectivity index (χ3n) is 3.15. The zero-order valence-corrected chi connectivity index (χ0v) is 14.0. The summed E-state index contributed by atoms with van der Waals surface area (Å²) in [5.41, 5.74) is 0. The molecule has 20 heavy (non-hydrogen) atoms. The van der Waals surface area contributed by atoms with Crippen molar-refractivity contribution in [2.24, 2.45) is 0 Å². The number of nitrogens with one attached hydrogen (secondary N) is 1. The van der Waals surface area contributed by atoms with E-state index >= 15 is 0 Å². The van der Waals surface area contributed by atoms with Gasteiger partial charge in [-0.25, -0.2) is 9.97 Å². The molecule has 1 N–H and O–H groups in total. The summed E-state index contributed by atoms with van der Waals surface area (Å²) >= 11 is 1.87. The number of methoxy groups -OCH3 is 1. The number of ether oxygens (including phenoxy) is 1. The Labute approximate surface area is 126 Å². The second kappa shape index (κ2) is 9.02. The largest absolute Gasteiger partial charge is 0.377 e. The highest BCUT2D eigenvalue weighted by molar-refractivity contribution is 7.98. The van der Waals surface area contributed by atoms with Crippen LogP contribution in [0.25, 0.3) is 0 Å². The minimum atomic E-state index is 0.430. The third-order valence-corrected chi connectivity index (χ3v) is 3.80. The van der Waals surface area contributed by atoms with Gasteiger partial charge in [-0.3, -0.25) is 0 Å². The lowest BCUT2D eigenvalue weighted by Gasteiger charge is -2.26. The van der Waals surface area contributed by atoms with Crippen molar-refractivity contribution in [1.82, 2.24) is 9.97 Å². The minimum absolute atomic E-state index is 0.430. The monoisotopic (exact) mass is 298 g/mol. The summed E-state index contributed by atoms with van der Waals surface area (Å²) in [6.07, 6.45) is 3.27. The first-order valence-electron chi connectivity index (χ1n) is 6.94. The molecule has 0 aliphatic carbocycles. The molecule has 6 heteroatoms. The van der Waals surface area contributed by atoms with Gasteiger partial charge in [0, 0.05) is 32.8 Å². The molecule has 1 heterocycles. The van der Waals surface area contributed by atoms with E-state index in [2.05, 4.69) is 47.3 Å².